The Hall–Kier alpha value is -0.490. The summed E-state index contributed by atoms with van der Waals surface area (Å²) in [4.78, 5) is 0. The lowest BCUT2D eigenvalue weighted by Crippen LogP contribution is -2.28. The molecule has 0 fully saturated rings. The van der Waals surface area contributed by atoms with Crippen LogP contribution in [0, 0.1) is 0 Å². The monoisotopic (exact) mass is 300 g/mol. The average Bonchev–Trinajstić information content (AvgIpc) is 2.27. The molecule has 0 spiro atoms. The predicted molar refractivity (Wildman–Crippen MR) is 66.4 cm³/mol. The highest BCUT2D eigenvalue weighted by molar-refractivity contribution is 6.33. The van der Waals surface area contributed by atoms with Gasteiger partial charge in [-0.2, -0.15) is 13.2 Å². The molecule has 0 heterocycles. The standard InChI is InChI=1S/C11H13Cl2F3N2/c12-7-3-4-9(13)8(6-7)10(18-17)2-1-5-11(14,15)16/h3-4,6,10,18H,1-2,5,17H2. The van der Waals surface area contributed by atoms with Crippen LogP contribution >= 0.6 is 23.2 Å². The maximum absolute atomic E-state index is 12.1. The summed E-state index contributed by atoms with van der Waals surface area (Å²) < 4.78 is 36.2. The molecule has 18 heavy (non-hydrogen) atoms. The van der Waals surface area contributed by atoms with Gasteiger partial charge in [0.25, 0.3) is 0 Å². The second kappa shape index (κ2) is 6.61. The molecule has 0 radical (unpaired) electrons. The van der Waals surface area contributed by atoms with Gasteiger partial charge in [-0.1, -0.05) is 23.2 Å². The molecule has 0 aromatic heterocycles. The van der Waals surface area contributed by atoms with E-state index in [1.807, 2.05) is 0 Å². The molecule has 0 amide bonds. The van der Waals surface area contributed by atoms with E-state index in [9.17, 15) is 13.2 Å². The number of halogens is 5. The van der Waals surface area contributed by atoms with Gasteiger partial charge in [0.15, 0.2) is 0 Å². The molecule has 0 saturated carbocycles. The van der Waals surface area contributed by atoms with Crippen LogP contribution in [0.5, 0.6) is 0 Å². The largest absolute Gasteiger partial charge is 0.389 e. The van der Waals surface area contributed by atoms with Crippen LogP contribution in [0.1, 0.15) is 30.9 Å². The van der Waals surface area contributed by atoms with E-state index < -0.39 is 18.6 Å². The summed E-state index contributed by atoms with van der Waals surface area (Å²) in [6.45, 7) is 0. The van der Waals surface area contributed by atoms with Gasteiger partial charge in [-0.25, -0.2) is 0 Å². The third kappa shape index (κ3) is 5.02. The normalized spacial score (nSPS) is 13.7. The fourth-order valence-electron chi connectivity index (χ4n) is 1.62. The number of nitrogens with one attached hydrogen (secondary N) is 1. The molecule has 0 aliphatic carbocycles. The van der Waals surface area contributed by atoms with Gasteiger partial charge in [-0.15, -0.1) is 0 Å². The maximum Gasteiger partial charge on any atom is 0.389 e. The van der Waals surface area contributed by atoms with Crippen LogP contribution in [0.25, 0.3) is 0 Å². The first kappa shape index (κ1) is 15.6. The first-order chi connectivity index (χ1) is 8.33. The molecule has 7 heteroatoms. The lowest BCUT2D eigenvalue weighted by atomic mass is 10.0. The smallest absolute Gasteiger partial charge is 0.271 e. The first-order valence-electron chi connectivity index (χ1n) is 5.31. The molecule has 0 aliphatic rings. The van der Waals surface area contributed by atoms with Crippen LogP contribution < -0.4 is 11.3 Å². The minimum atomic E-state index is -4.16. The number of hydrogen-bond acceptors (Lipinski definition) is 2. The Bertz CT molecular complexity index is 396. The summed E-state index contributed by atoms with van der Waals surface area (Å²) in [7, 11) is 0. The summed E-state index contributed by atoms with van der Waals surface area (Å²) >= 11 is 11.8. The van der Waals surface area contributed by atoms with E-state index in [2.05, 4.69) is 5.43 Å². The van der Waals surface area contributed by atoms with E-state index >= 15 is 0 Å². The van der Waals surface area contributed by atoms with E-state index in [0.29, 0.717) is 15.6 Å². The molecule has 0 aliphatic heterocycles. The van der Waals surface area contributed by atoms with Crippen molar-refractivity contribution in [1.29, 1.82) is 0 Å². The van der Waals surface area contributed by atoms with Gasteiger partial charge in [0.05, 0.1) is 0 Å². The van der Waals surface area contributed by atoms with Crippen LogP contribution in [0.4, 0.5) is 13.2 Å². The molecule has 1 aromatic carbocycles. The number of hydrogen-bond donors (Lipinski definition) is 2. The first-order valence-corrected chi connectivity index (χ1v) is 6.07. The van der Waals surface area contributed by atoms with Crippen LogP contribution in [0.15, 0.2) is 18.2 Å². The SMILES string of the molecule is NNC(CCCC(F)(F)F)c1cc(Cl)ccc1Cl. The molecular weight excluding hydrogens is 288 g/mol. The van der Waals surface area contributed by atoms with Crippen LogP contribution in [0.2, 0.25) is 10.0 Å². The molecule has 3 N–H and O–H groups in total. The highest BCUT2D eigenvalue weighted by atomic mass is 35.5. The van der Waals surface area contributed by atoms with Crippen molar-refractivity contribution < 1.29 is 13.2 Å². The summed E-state index contributed by atoms with van der Waals surface area (Å²) in [6.07, 6.45) is -4.79. The fraction of sp³-hybridized carbons (Fsp3) is 0.455. The molecule has 1 atom stereocenters. The van der Waals surface area contributed by atoms with E-state index in [1.54, 1.807) is 18.2 Å². The van der Waals surface area contributed by atoms with Gasteiger partial charge >= 0.3 is 6.18 Å². The van der Waals surface area contributed by atoms with Gasteiger partial charge < -0.3 is 0 Å². The van der Waals surface area contributed by atoms with Gasteiger partial charge in [-0.05, 0) is 36.6 Å². The van der Waals surface area contributed by atoms with Gasteiger partial charge in [0.2, 0.25) is 0 Å². The minimum Gasteiger partial charge on any atom is -0.271 e. The molecule has 2 nitrogen and oxygen atoms in total. The highest BCUT2D eigenvalue weighted by Gasteiger charge is 2.27. The molecule has 102 valence electrons. The fourth-order valence-corrected chi connectivity index (χ4v) is 2.05. The Labute approximate surface area is 113 Å². The van der Waals surface area contributed by atoms with Gasteiger partial charge in [0.1, 0.15) is 0 Å². The third-order valence-electron chi connectivity index (χ3n) is 2.49. The highest BCUT2D eigenvalue weighted by Crippen LogP contribution is 2.30. The number of hydrazine groups is 1. The minimum absolute atomic E-state index is 0.0266. The Morgan fingerprint density at radius 1 is 1.28 bits per heavy atom. The quantitative estimate of drug-likeness (QED) is 0.631. The van der Waals surface area contributed by atoms with Crippen molar-refractivity contribution in [3.8, 4) is 0 Å². The van der Waals surface area contributed by atoms with E-state index in [1.165, 1.54) is 0 Å². The predicted octanol–water partition coefficient (Wildman–Crippen LogP) is 4.23. The summed E-state index contributed by atoms with van der Waals surface area (Å²) in [5.74, 6) is 5.34. The van der Waals surface area contributed by atoms with Crippen LogP contribution in [-0.2, 0) is 0 Å². The summed E-state index contributed by atoms with van der Waals surface area (Å²) in [5, 5.41) is 0.889. The summed E-state index contributed by atoms with van der Waals surface area (Å²) in [6, 6.07) is 4.35. The van der Waals surface area contributed by atoms with Crippen molar-refractivity contribution >= 4 is 23.2 Å². The second-order valence-electron chi connectivity index (χ2n) is 3.89. The molecule has 1 aromatic rings. The van der Waals surface area contributed by atoms with Crippen molar-refractivity contribution in [2.24, 2.45) is 5.84 Å². The van der Waals surface area contributed by atoms with Crippen LogP contribution in [0.3, 0.4) is 0 Å². The van der Waals surface area contributed by atoms with Gasteiger partial charge in [-0.3, -0.25) is 11.3 Å². The topological polar surface area (TPSA) is 38.0 Å². The van der Waals surface area contributed by atoms with Gasteiger partial charge in [0, 0.05) is 22.5 Å². The number of nitrogens with two attached hydrogens (primary N) is 1. The Morgan fingerprint density at radius 3 is 2.50 bits per heavy atom. The molecule has 0 bridgehead atoms. The Balaban J connectivity index is 2.68. The van der Waals surface area contributed by atoms with Crippen molar-refractivity contribution in [2.75, 3.05) is 0 Å². The van der Waals surface area contributed by atoms with Crippen molar-refractivity contribution in [2.45, 2.75) is 31.5 Å². The zero-order valence-electron chi connectivity index (χ0n) is 9.40. The number of benzene rings is 1. The zero-order valence-corrected chi connectivity index (χ0v) is 10.9. The summed E-state index contributed by atoms with van der Waals surface area (Å²) in [5.41, 5.74) is 3.07. The molecule has 1 unspecified atom stereocenters. The lowest BCUT2D eigenvalue weighted by molar-refractivity contribution is -0.135. The molecule has 1 rings (SSSR count). The van der Waals surface area contributed by atoms with Crippen molar-refractivity contribution in [1.82, 2.24) is 5.43 Å². The zero-order chi connectivity index (χ0) is 13.8. The average molecular weight is 301 g/mol. The number of alkyl halides is 3. The van der Waals surface area contributed by atoms with Crippen LogP contribution in [-0.4, -0.2) is 6.18 Å². The lowest BCUT2D eigenvalue weighted by Gasteiger charge is -2.18. The van der Waals surface area contributed by atoms with E-state index in [4.69, 9.17) is 29.0 Å². The molecule has 0 saturated heterocycles. The van der Waals surface area contributed by atoms with E-state index in [-0.39, 0.29) is 12.8 Å². The number of rotatable bonds is 5. The Morgan fingerprint density at radius 2 is 1.94 bits per heavy atom. The van der Waals surface area contributed by atoms with Crippen molar-refractivity contribution in [3.63, 3.8) is 0 Å². The van der Waals surface area contributed by atoms with Crippen molar-refractivity contribution in [3.05, 3.63) is 33.8 Å². The maximum atomic E-state index is 12.1. The molecular formula is C11H13Cl2F3N2. The third-order valence-corrected chi connectivity index (χ3v) is 3.07. The Kier molecular flexibility index (Phi) is 5.72. The second-order valence-corrected chi connectivity index (χ2v) is 4.74. The van der Waals surface area contributed by atoms with E-state index in [0.717, 1.165) is 0 Å².